The van der Waals surface area contributed by atoms with Crippen LogP contribution in [0.3, 0.4) is 0 Å². The number of nitrogens with one attached hydrogen (secondary N) is 1. The Bertz CT molecular complexity index is 280. The molecule has 0 bridgehead atoms. The minimum atomic E-state index is 0.548. The molecule has 0 aliphatic heterocycles. The van der Waals surface area contributed by atoms with E-state index in [4.69, 9.17) is 6.42 Å². The van der Waals surface area contributed by atoms with Gasteiger partial charge in [0.15, 0.2) is 0 Å². The van der Waals surface area contributed by atoms with E-state index < -0.39 is 0 Å². The standard InChI is InChI=1S/C8H11N3/c1-4-5-9-8-6-11(3)10-7(8)2/h1,6,9H,5H2,2-3H3. The van der Waals surface area contributed by atoms with Crippen molar-refractivity contribution in [2.45, 2.75) is 6.92 Å². The first kappa shape index (κ1) is 7.67. The SMILES string of the molecule is C#CCNc1cn(C)nc1C. The zero-order valence-corrected chi connectivity index (χ0v) is 6.76. The zero-order valence-electron chi connectivity index (χ0n) is 6.76. The van der Waals surface area contributed by atoms with Gasteiger partial charge in [-0.2, -0.15) is 5.10 Å². The van der Waals surface area contributed by atoms with Crippen LogP contribution in [0.15, 0.2) is 6.20 Å². The fourth-order valence-corrected chi connectivity index (χ4v) is 0.919. The Morgan fingerprint density at radius 3 is 3.00 bits per heavy atom. The number of rotatable bonds is 2. The minimum absolute atomic E-state index is 0.548. The van der Waals surface area contributed by atoms with Crippen molar-refractivity contribution in [1.29, 1.82) is 0 Å². The third-order valence-electron chi connectivity index (χ3n) is 1.39. The lowest BCUT2D eigenvalue weighted by molar-refractivity contribution is 0.756. The van der Waals surface area contributed by atoms with Gasteiger partial charge in [-0.25, -0.2) is 0 Å². The molecule has 0 aliphatic carbocycles. The lowest BCUT2D eigenvalue weighted by Gasteiger charge is -1.96. The molecule has 1 aromatic heterocycles. The number of aromatic nitrogens is 2. The topological polar surface area (TPSA) is 29.9 Å². The van der Waals surface area contributed by atoms with E-state index in [0.717, 1.165) is 11.4 Å². The summed E-state index contributed by atoms with van der Waals surface area (Å²) < 4.78 is 1.76. The van der Waals surface area contributed by atoms with Gasteiger partial charge in [0.1, 0.15) is 0 Å². The summed E-state index contributed by atoms with van der Waals surface area (Å²) in [5.41, 5.74) is 1.98. The molecule has 0 amide bonds. The van der Waals surface area contributed by atoms with Gasteiger partial charge >= 0.3 is 0 Å². The normalized spacial score (nSPS) is 9.18. The summed E-state index contributed by atoms with van der Waals surface area (Å²) in [6.45, 7) is 2.49. The van der Waals surface area contributed by atoms with Crippen molar-refractivity contribution in [2.75, 3.05) is 11.9 Å². The summed E-state index contributed by atoms with van der Waals surface area (Å²) in [5.74, 6) is 2.50. The minimum Gasteiger partial charge on any atom is -0.371 e. The van der Waals surface area contributed by atoms with E-state index in [1.165, 1.54) is 0 Å². The van der Waals surface area contributed by atoms with Gasteiger partial charge in [-0.1, -0.05) is 5.92 Å². The summed E-state index contributed by atoms with van der Waals surface area (Å²) in [5, 5.41) is 7.21. The summed E-state index contributed by atoms with van der Waals surface area (Å²) in [6.07, 6.45) is 7.00. The molecule has 0 aromatic carbocycles. The van der Waals surface area contributed by atoms with Crippen LogP contribution < -0.4 is 5.32 Å². The highest BCUT2D eigenvalue weighted by Gasteiger charge is 1.99. The van der Waals surface area contributed by atoms with Crippen molar-refractivity contribution >= 4 is 5.69 Å². The number of nitrogens with zero attached hydrogens (tertiary/aromatic N) is 2. The predicted molar refractivity (Wildman–Crippen MR) is 45.3 cm³/mol. The molecule has 3 nitrogen and oxygen atoms in total. The summed E-state index contributed by atoms with van der Waals surface area (Å²) in [4.78, 5) is 0. The van der Waals surface area contributed by atoms with Crippen LogP contribution >= 0.6 is 0 Å². The van der Waals surface area contributed by atoms with Gasteiger partial charge in [0.05, 0.1) is 17.9 Å². The van der Waals surface area contributed by atoms with E-state index in [0.29, 0.717) is 6.54 Å². The molecule has 1 rings (SSSR count). The van der Waals surface area contributed by atoms with Gasteiger partial charge in [0, 0.05) is 13.2 Å². The van der Waals surface area contributed by atoms with Gasteiger partial charge in [0.25, 0.3) is 0 Å². The molecule has 58 valence electrons. The molecule has 0 fully saturated rings. The number of hydrogen-bond acceptors (Lipinski definition) is 2. The first-order chi connectivity index (χ1) is 5.24. The maximum absolute atomic E-state index is 5.09. The number of terminal acetylenes is 1. The number of hydrogen-bond donors (Lipinski definition) is 1. The summed E-state index contributed by atoms with van der Waals surface area (Å²) in [7, 11) is 1.88. The predicted octanol–water partition coefficient (Wildman–Crippen LogP) is 0.774. The average Bonchev–Trinajstić information content (AvgIpc) is 2.26. The third kappa shape index (κ3) is 1.74. The van der Waals surface area contributed by atoms with Crippen LogP contribution in [0.25, 0.3) is 0 Å². The third-order valence-corrected chi connectivity index (χ3v) is 1.39. The van der Waals surface area contributed by atoms with Crippen molar-refractivity contribution in [3.63, 3.8) is 0 Å². The van der Waals surface area contributed by atoms with E-state index in [-0.39, 0.29) is 0 Å². The number of aryl methyl sites for hydroxylation is 2. The smallest absolute Gasteiger partial charge is 0.0825 e. The summed E-state index contributed by atoms with van der Waals surface area (Å²) >= 11 is 0. The quantitative estimate of drug-likeness (QED) is 0.629. The van der Waals surface area contributed by atoms with Crippen molar-refractivity contribution in [3.8, 4) is 12.3 Å². The van der Waals surface area contributed by atoms with Crippen LogP contribution in [-0.4, -0.2) is 16.3 Å². The first-order valence-corrected chi connectivity index (χ1v) is 3.41. The van der Waals surface area contributed by atoms with Crippen LogP contribution in [-0.2, 0) is 7.05 Å². The molecule has 1 heterocycles. The van der Waals surface area contributed by atoms with Gasteiger partial charge in [-0.15, -0.1) is 6.42 Å². The Balaban J connectivity index is 2.71. The van der Waals surface area contributed by atoms with Crippen molar-refractivity contribution in [2.24, 2.45) is 7.05 Å². The van der Waals surface area contributed by atoms with Crippen LogP contribution in [0.2, 0.25) is 0 Å². The second-order valence-corrected chi connectivity index (χ2v) is 2.36. The highest BCUT2D eigenvalue weighted by atomic mass is 15.3. The maximum Gasteiger partial charge on any atom is 0.0825 e. The fourth-order valence-electron chi connectivity index (χ4n) is 0.919. The Morgan fingerprint density at radius 2 is 2.55 bits per heavy atom. The fraction of sp³-hybridized carbons (Fsp3) is 0.375. The monoisotopic (exact) mass is 149 g/mol. The van der Waals surface area contributed by atoms with Crippen molar-refractivity contribution in [3.05, 3.63) is 11.9 Å². The highest BCUT2D eigenvalue weighted by molar-refractivity contribution is 5.46. The van der Waals surface area contributed by atoms with Gasteiger partial charge in [-0.05, 0) is 6.92 Å². The van der Waals surface area contributed by atoms with Crippen molar-refractivity contribution in [1.82, 2.24) is 9.78 Å². The molecule has 0 radical (unpaired) electrons. The van der Waals surface area contributed by atoms with E-state index >= 15 is 0 Å². The molecule has 3 heteroatoms. The lowest BCUT2D eigenvalue weighted by Crippen LogP contribution is -1.97. The van der Waals surface area contributed by atoms with Crippen LogP contribution in [0.4, 0.5) is 5.69 Å². The Labute approximate surface area is 66.4 Å². The second-order valence-electron chi connectivity index (χ2n) is 2.36. The van der Waals surface area contributed by atoms with Crippen LogP contribution in [0.1, 0.15) is 5.69 Å². The molecule has 0 atom stereocenters. The molecule has 0 unspecified atom stereocenters. The van der Waals surface area contributed by atoms with Gasteiger partial charge < -0.3 is 5.32 Å². The van der Waals surface area contributed by atoms with E-state index in [9.17, 15) is 0 Å². The second kappa shape index (κ2) is 3.11. The Morgan fingerprint density at radius 1 is 1.82 bits per heavy atom. The Hall–Kier alpha value is -1.43. The highest BCUT2D eigenvalue weighted by Crippen LogP contribution is 2.09. The van der Waals surface area contributed by atoms with Gasteiger partial charge in [0.2, 0.25) is 0 Å². The molecule has 0 saturated heterocycles. The molecule has 1 N–H and O–H groups in total. The van der Waals surface area contributed by atoms with Gasteiger partial charge in [-0.3, -0.25) is 4.68 Å². The summed E-state index contributed by atoms with van der Waals surface area (Å²) in [6, 6.07) is 0. The van der Waals surface area contributed by atoms with E-state index in [1.54, 1.807) is 4.68 Å². The number of anilines is 1. The molecular formula is C8H11N3. The molecule has 0 saturated carbocycles. The van der Waals surface area contributed by atoms with Crippen LogP contribution in [0.5, 0.6) is 0 Å². The average molecular weight is 149 g/mol. The molecule has 0 spiro atoms. The lowest BCUT2D eigenvalue weighted by atomic mass is 10.4. The van der Waals surface area contributed by atoms with E-state index in [1.807, 2.05) is 20.2 Å². The largest absolute Gasteiger partial charge is 0.371 e. The maximum atomic E-state index is 5.09. The van der Waals surface area contributed by atoms with Crippen LogP contribution in [0, 0.1) is 19.3 Å². The molecule has 1 aromatic rings. The molecule has 0 aliphatic rings. The first-order valence-electron chi connectivity index (χ1n) is 3.41. The molecule has 11 heavy (non-hydrogen) atoms. The zero-order chi connectivity index (χ0) is 8.27. The van der Waals surface area contributed by atoms with Crippen molar-refractivity contribution < 1.29 is 0 Å². The Kier molecular flexibility index (Phi) is 2.17. The molecular weight excluding hydrogens is 138 g/mol. The van der Waals surface area contributed by atoms with E-state index in [2.05, 4.69) is 16.3 Å².